The number of nitrogens with zero attached hydrogens (tertiary/aromatic N) is 1. The minimum Gasteiger partial charge on any atom is -0.371 e. The Morgan fingerprint density at radius 3 is 2.00 bits per heavy atom. The minimum atomic E-state index is 0.0887. The molecule has 2 heteroatoms. The van der Waals surface area contributed by atoms with Gasteiger partial charge in [0.15, 0.2) is 5.78 Å². The smallest absolute Gasteiger partial charge is 0.193 e. The van der Waals surface area contributed by atoms with E-state index < -0.39 is 0 Å². The fraction of sp³-hybridized carbons (Fsp3) is 0.188. The predicted molar refractivity (Wildman–Crippen MR) is 73.1 cm³/mol. The maximum absolute atomic E-state index is 12.2. The molecule has 2 aromatic rings. The van der Waals surface area contributed by atoms with Crippen LogP contribution in [0.4, 0.5) is 5.69 Å². The van der Waals surface area contributed by atoms with Crippen LogP contribution < -0.4 is 4.90 Å². The number of carbonyl (C=O) groups is 1. The summed E-state index contributed by atoms with van der Waals surface area (Å²) in [5.74, 6) is 0.0887. The second-order valence-electron chi connectivity index (χ2n) is 4.58. The van der Waals surface area contributed by atoms with Crippen LogP contribution in [0.15, 0.2) is 54.6 Å². The van der Waals surface area contributed by atoms with Gasteiger partial charge in [-0.25, -0.2) is 0 Å². The van der Waals surface area contributed by atoms with Crippen molar-refractivity contribution in [3.05, 3.63) is 65.7 Å². The van der Waals surface area contributed by atoms with Crippen LogP contribution in [0.2, 0.25) is 0 Å². The van der Waals surface area contributed by atoms with Crippen LogP contribution in [0.1, 0.15) is 22.3 Å². The summed E-state index contributed by atoms with van der Waals surface area (Å²) in [6.45, 7) is 2.26. The van der Waals surface area contributed by atoms with Crippen LogP contribution in [-0.2, 0) is 0 Å². The van der Waals surface area contributed by atoms with Gasteiger partial charge in [0.05, 0.1) is 0 Å². The van der Waals surface area contributed by atoms with Crippen LogP contribution in [0.5, 0.6) is 0 Å². The lowest BCUT2D eigenvalue weighted by Gasteiger charge is -2.33. The second kappa shape index (κ2) is 4.65. The molecule has 0 aromatic heterocycles. The first-order chi connectivity index (χ1) is 8.84. The van der Waals surface area contributed by atoms with Crippen molar-refractivity contribution in [2.45, 2.75) is 6.42 Å². The van der Waals surface area contributed by atoms with Gasteiger partial charge in [0.25, 0.3) is 0 Å². The molecule has 1 fully saturated rings. The van der Waals surface area contributed by atoms with Crippen molar-refractivity contribution < 1.29 is 4.79 Å². The lowest BCUT2D eigenvalue weighted by Crippen LogP contribution is -2.36. The molecule has 0 bridgehead atoms. The maximum atomic E-state index is 12.2. The zero-order chi connectivity index (χ0) is 12.4. The van der Waals surface area contributed by atoms with E-state index >= 15 is 0 Å². The summed E-state index contributed by atoms with van der Waals surface area (Å²) >= 11 is 0. The summed E-state index contributed by atoms with van der Waals surface area (Å²) < 4.78 is 0. The van der Waals surface area contributed by atoms with Crippen molar-refractivity contribution in [1.29, 1.82) is 0 Å². The number of rotatable bonds is 3. The molecule has 1 saturated heterocycles. The Morgan fingerprint density at radius 1 is 0.833 bits per heavy atom. The molecule has 0 spiro atoms. The summed E-state index contributed by atoms with van der Waals surface area (Å²) in [4.78, 5) is 14.5. The molecule has 0 unspecified atom stereocenters. The predicted octanol–water partition coefficient (Wildman–Crippen LogP) is 3.13. The second-order valence-corrected chi connectivity index (χ2v) is 4.58. The Kier molecular flexibility index (Phi) is 2.85. The first-order valence-corrected chi connectivity index (χ1v) is 6.29. The Labute approximate surface area is 107 Å². The number of hydrogen-bond acceptors (Lipinski definition) is 2. The van der Waals surface area contributed by atoms with E-state index in [1.54, 1.807) is 0 Å². The minimum absolute atomic E-state index is 0.0887. The van der Waals surface area contributed by atoms with Gasteiger partial charge in [-0.1, -0.05) is 30.3 Å². The van der Waals surface area contributed by atoms with Crippen LogP contribution in [0.25, 0.3) is 0 Å². The van der Waals surface area contributed by atoms with Gasteiger partial charge < -0.3 is 4.90 Å². The Morgan fingerprint density at radius 2 is 1.44 bits per heavy atom. The van der Waals surface area contributed by atoms with E-state index in [0.29, 0.717) is 0 Å². The third-order valence-electron chi connectivity index (χ3n) is 3.39. The maximum Gasteiger partial charge on any atom is 0.193 e. The first-order valence-electron chi connectivity index (χ1n) is 6.29. The molecule has 2 aromatic carbocycles. The van der Waals surface area contributed by atoms with Crippen molar-refractivity contribution in [1.82, 2.24) is 0 Å². The molecule has 2 nitrogen and oxygen atoms in total. The summed E-state index contributed by atoms with van der Waals surface area (Å²) in [7, 11) is 0. The van der Waals surface area contributed by atoms with Crippen LogP contribution in [-0.4, -0.2) is 18.9 Å². The summed E-state index contributed by atoms with van der Waals surface area (Å²) in [6.07, 6.45) is 1.27. The van der Waals surface area contributed by atoms with Gasteiger partial charge >= 0.3 is 0 Å². The lowest BCUT2D eigenvalue weighted by molar-refractivity contribution is 0.103. The van der Waals surface area contributed by atoms with E-state index in [-0.39, 0.29) is 5.78 Å². The fourth-order valence-electron chi connectivity index (χ4n) is 2.15. The van der Waals surface area contributed by atoms with Gasteiger partial charge in [-0.05, 0) is 30.7 Å². The molecule has 0 aliphatic carbocycles. The number of carbonyl (C=O) groups excluding carboxylic acids is 1. The van der Waals surface area contributed by atoms with Crippen LogP contribution in [0.3, 0.4) is 0 Å². The molecular weight excluding hydrogens is 222 g/mol. The Bertz CT molecular complexity index is 541. The topological polar surface area (TPSA) is 20.3 Å². The molecule has 0 amide bonds. The summed E-state index contributed by atoms with van der Waals surface area (Å²) in [5.41, 5.74) is 2.71. The average molecular weight is 237 g/mol. The van der Waals surface area contributed by atoms with E-state index in [2.05, 4.69) is 4.90 Å². The zero-order valence-electron chi connectivity index (χ0n) is 10.2. The quantitative estimate of drug-likeness (QED) is 0.764. The first kappa shape index (κ1) is 11.0. The number of anilines is 1. The molecule has 0 N–H and O–H groups in total. The third-order valence-corrected chi connectivity index (χ3v) is 3.39. The Hall–Kier alpha value is -2.09. The average Bonchev–Trinajstić information content (AvgIpc) is 2.38. The van der Waals surface area contributed by atoms with E-state index in [9.17, 15) is 4.79 Å². The van der Waals surface area contributed by atoms with Gasteiger partial charge in [0.2, 0.25) is 0 Å². The van der Waals surface area contributed by atoms with Crippen molar-refractivity contribution >= 4 is 11.5 Å². The van der Waals surface area contributed by atoms with Gasteiger partial charge in [-0.2, -0.15) is 0 Å². The third kappa shape index (κ3) is 2.02. The highest BCUT2D eigenvalue weighted by Crippen LogP contribution is 2.21. The van der Waals surface area contributed by atoms with Crippen LogP contribution >= 0.6 is 0 Å². The molecule has 1 heterocycles. The van der Waals surface area contributed by atoms with Gasteiger partial charge in [-0.15, -0.1) is 0 Å². The van der Waals surface area contributed by atoms with Crippen molar-refractivity contribution in [3.63, 3.8) is 0 Å². The van der Waals surface area contributed by atoms with Gasteiger partial charge in [0, 0.05) is 29.9 Å². The van der Waals surface area contributed by atoms with Crippen molar-refractivity contribution in [2.75, 3.05) is 18.0 Å². The number of ketones is 1. The monoisotopic (exact) mass is 237 g/mol. The molecule has 18 heavy (non-hydrogen) atoms. The molecule has 0 saturated carbocycles. The van der Waals surface area contributed by atoms with E-state index in [0.717, 1.165) is 24.2 Å². The highest BCUT2D eigenvalue weighted by molar-refractivity contribution is 6.09. The zero-order valence-corrected chi connectivity index (χ0v) is 10.2. The number of benzene rings is 2. The normalized spacial score (nSPS) is 14.1. The number of hydrogen-bond donors (Lipinski definition) is 0. The van der Waals surface area contributed by atoms with Crippen molar-refractivity contribution in [3.8, 4) is 0 Å². The Balaban J connectivity index is 1.82. The molecule has 1 aliphatic heterocycles. The van der Waals surface area contributed by atoms with E-state index in [1.807, 2.05) is 54.6 Å². The molecule has 1 aliphatic rings. The van der Waals surface area contributed by atoms with E-state index in [4.69, 9.17) is 0 Å². The van der Waals surface area contributed by atoms with Crippen LogP contribution in [0, 0.1) is 0 Å². The standard InChI is InChI=1S/C16H15NO/c18-16(13-5-2-1-3-6-13)14-7-9-15(10-8-14)17-11-4-12-17/h1-3,5-10H,4,11-12H2. The highest BCUT2D eigenvalue weighted by Gasteiger charge is 2.15. The SMILES string of the molecule is O=C(c1ccccc1)c1ccc(N2CCC2)cc1. The molecular formula is C16H15NO. The summed E-state index contributed by atoms with van der Waals surface area (Å²) in [5, 5.41) is 0. The van der Waals surface area contributed by atoms with Gasteiger partial charge in [-0.3, -0.25) is 4.79 Å². The fourth-order valence-corrected chi connectivity index (χ4v) is 2.15. The van der Waals surface area contributed by atoms with Crippen molar-refractivity contribution in [2.24, 2.45) is 0 Å². The van der Waals surface area contributed by atoms with E-state index in [1.165, 1.54) is 12.1 Å². The van der Waals surface area contributed by atoms with Gasteiger partial charge in [0.1, 0.15) is 0 Å². The summed E-state index contributed by atoms with van der Waals surface area (Å²) in [6, 6.07) is 17.3. The molecule has 0 radical (unpaired) electrons. The largest absolute Gasteiger partial charge is 0.371 e. The molecule has 90 valence electrons. The molecule has 0 atom stereocenters. The lowest BCUT2D eigenvalue weighted by atomic mass is 10.0. The molecule has 3 rings (SSSR count). The highest BCUT2D eigenvalue weighted by atomic mass is 16.1.